The maximum absolute atomic E-state index is 11.4. The first-order valence-electron chi connectivity index (χ1n) is 5.89. The smallest absolute Gasteiger partial charge is 0.280 e. The molecule has 0 saturated carbocycles. The van der Waals surface area contributed by atoms with Crippen LogP contribution in [-0.4, -0.2) is 23.0 Å². The summed E-state index contributed by atoms with van der Waals surface area (Å²) in [6.07, 6.45) is 4.60. The molecular formula is C12H13Cl2N3O2S. The molecule has 0 N–H and O–H groups in total. The maximum atomic E-state index is 11.4. The van der Waals surface area contributed by atoms with Gasteiger partial charge in [0.25, 0.3) is 9.05 Å². The summed E-state index contributed by atoms with van der Waals surface area (Å²) in [5.74, 6) is 0.694. The molecule has 0 aliphatic rings. The first-order chi connectivity index (χ1) is 9.29. The Balaban J connectivity index is 2.46. The molecule has 0 saturated heterocycles. The highest BCUT2D eigenvalue weighted by atomic mass is 35.7. The van der Waals surface area contributed by atoms with E-state index >= 15 is 0 Å². The highest BCUT2D eigenvalue weighted by Crippen LogP contribution is 2.22. The van der Waals surface area contributed by atoms with Crippen LogP contribution in [0.5, 0.6) is 0 Å². The summed E-state index contributed by atoms with van der Waals surface area (Å²) < 4.78 is 24.5. The van der Waals surface area contributed by atoms with Crippen molar-refractivity contribution >= 4 is 31.3 Å². The number of hydrogen-bond acceptors (Lipinski definition) is 4. The van der Waals surface area contributed by atoms with Crippen molar-refractivity contribution in [1.29, 1.82) is 0 Å². The Morgan fingerprint density at radius 1 is 1.40 bits per heavy atom. The summed E-state index contributed by atoms with van der Waals surface area (Å²) in [5, 5.41) is 0.374. The largest absolute Gasteiger partial charge is 0.329 e. The van der Waals surface area contributed by atoms with Crippen LogP contribution in [-0.2, 0) is 15.6 Å². The number of hydrogen-bond donors (Lipinski definition) is 0. The van der Waals surface area contributed by atoms with Crippen molar-refractivity contribution in [3.63, 3.8) is 0 Å². The molecule has 0 aliphatic carbocycles. The summed E-state index contributed by atoms with van der Waals surface area (Å²) in [4.78, 5) is 8.01. The Hall–Kier alpha value is -1.11. The van der Waals surface area contributed by atoms with Crippen LogP contribution in [0.1, 0.15) is 31.2 Å². The molecule has 0 unspecified atom stereocenters. The SMILES string of the molecule is CC(C)c1nc(S(=O)(=O)Cl)cn1Cc1ccncc1Cl. The van der Waals surface area contributed by atoms with Crippen molar-refractivity contribution in [3.05, 3.63) is 41.1 Å². The average molecular weight is 334 g/mol. The van der Waals surface area contributed by atoms with Gasteiger partial charge in [0.15, 0.2) is 5.03 Å². The molecule has 0 aromatic carbocycles. The molecule has 2 aromatic rings. The lowest BCUT2D eigenvalue weighted by Crippen LogP contribution is -2.06. The second-order valence-electron chi connectivity index (χ2n) is 4.62. The Kier molecular flexibility index (Phi) is 4.36. The van der Waals surface area contributed by atoms with Crippen molar-refractivity contribution in [2.24, 2.45) is 0 Å². The molecular weight excluding hydrogens is 321 g/mol. The molecule has 2 heterocycles. The van der Waals surface area contributed by atoms with Gasteiger partial charge >= 0.3 is 0 Å². The second-order valence-corrected chi connectivity index (χ2v) is 7.54. The van der Waals surface area contributed by atoms with Crippen molar-refractivity contribution in [2.75, 3.05) is 0 Å². The van der Waals surface area contributed by atoms with E-state index in [0.29, 0.717) is 17.4 Å². The fourth-order valence-electron chi connectivity index (χ4n) is 1.83. The Morgan fingerprint density at radius 2 is 2.10 bits per heavy atom. The number of halogens is 2. The van der Waals surface area contributed by atoms with Crippen LogP contribution in [0.2, 0.25) is 5.02 Å². The number of nitrogens with zero attached hydrogens (tertiary/aromatic N) is 3. The highest BCUT2D eigenvalue weighted by Gasteiger charge is 2.20. The van der Waals surface area contributed by atoms with E-state index in [-0.39, 0.29) is 10.9 Å². The number of rotatable bonds is 4. The van der Waals surface area contributed by atoms with Gasteiger partial charge in [0.05, 0.1) is 11.6 Å². The third-order valence-electron chi connectivity index (χ3n) is 2.75. The van der Waals surface area contributed by atoms with Crippen molar-refractivity contribution < 1.29 is 8.42 Å². The molecule has 0 radical (unpaired) electrons. The van der Waals surface area contributed by atoms with E-state index in [1.807, 2.05) is 13.8 Å². The van der Waals surface area contributed by atoms with Gasteiger partial charge in [-0.3, -0.25) is 4.98 Å². The molecule has 0 fully saturated rings. The highest BCUT2D eigenvalue weighted by molar-refractivity contribution is 8.13. The monoisotopic (exact) mass is 333 g/mol. The first kappa shape index (κ1) is 15.3. The van der Waals surface area contributed by atoms with Gasteiger partial charge < -0.3 is 4.57 Å². The number of pyridine rings is 1. The molecule has 2 rings (SSSR count). The van der Waals surface area contributed by atoms with Crippen molar-refractivity contribution in [1.82, 2.24) is 14.5 Å². The van der Waals surface area contributed by atoms with E-state index < -0.39 is 9.05 Å². The predicted octanol–water partition coefficient (Wildman–Crippen LogP) is 3.03. The normalized spacial score (nSPS) is 12.1. The predicted molar refractivity (Wildman–Crippen MR) is 77.7 cm³/mol. The van der Waals surface area contributed by atoms with Gasteiger partial charge in [-0.2, -0.15) is 0 Å². The molecule has 0 spiro atoms. The van der Waals surface area contributed by atoms with E-state index in [2.05, 4.69) is 9.97 Å². The van der Waals surface area contributed by atoms with E-state index in [1.54, 1.807) is 23.0 Å². The van der Waals surface area contributed by atoms with Gasteiger partial charge in [-0.15, -0.1) is 0 Å². The van der Waals surface area contributed by atoms with E-state index in [0.717, 1.165) is 5.56 Å². The molecule has 0 aliphatic heterocycles. The molecule has 20 heavy (non-hydrogen) atoms. The van der Waals surface area contributed by atoms with E-state index in [4.69, 9.17) is 22.3 Å². The Labute approximate surface area is 127 Å². The quantitative estimate of drug-likeness (QED) is 0.806. The lowest BCUT2D eigenvalue weighted by Gasteiger charge is -2.10. The Bertz CT molecular complexity index is 726. The molecule has 108 valence electrons. The van der Waals surface area contributed by atoms with Crippen LogP contribution in [0.3, 0.4) is 0 Å². The van der Waals surface area contributed by atoms with E-state index in [1.165, 1.54) is 6.20 Å². The first-order valence-corrected chi connectivity index (χ1v) is 8.58. The van der Waals surface area contributed by atoms with Crippen molar-refractivity contribution in [2.45, 2.75) is 31.3 Å². The van der Waals surface area contributed by atoms with Gasteiger partial charge in [0.1, 0.15) is 5.82 Å². The number of imidazole rings is 1. The van der Waals surface area contributed by atoms with Gasteiger partial charge in [0.2, 0.25) is 0 Å². The zero-order valence-corrected chi connectivity index (χ0v) is 13.2. The fourth-order valence-corrected chi connectivity index (χ4v) is 2.68. The maximum Gasteiger partial charge on any atom is 0.280 e. The third-order valence-corrected chi connectivity index (χ3v) is 4.26. The van der Waals surface area contributed by atoms with Crippen LogP contribution in [0, 0.1) is 0 Å². The summed E-state index contributed by atoms with van der Waals surface area (Å²) in [6.45, 7) is 4.27. The molecule has 0 bridgehead atoms. The van der Waals surface area contributed by atoms with Crippen LogP contribution in [0.15, 0.2) is 29.7 Å². The standard InChI is InChI=1S/C12H13Cl2N3O2S/c1-8(2)12-16-11(20(14,18)19)7-17(12)6-9-3-4-15-5-10(9)13/h3-5,7-8H,6H2,1-2H3. The lowest BCUT2D eigenvalue weighted by molar-refractivity contribution is 0.606. The molecule has 0 amide bonds. The third kappa shape index (κ3) is 3.31. The topological polar surface area (TPSA) is 64.8 Å². The summed E-state index contributed by atoms with van der Waals surface area (Å²) in [7, 11) is 1.50. The minimum Gasteiger partial charge on any atom is -0.329 e. The van der Waals surface area contributed by atoms with Crippen LogP contribution in [0.25, 0.3) is 0 Å². The van der Waals surface area contributed by atoms with Gasteiger partial charge in [-0.1, -0.05) is 25.4 Å². The summed E-state index contributed by atoms with van der Waals surface area (Å²) in [5.41, 5.74) is 0.833. The summed E-state index contributed by atoms with van der Waals surface area (Å²) in [6, 6.07) is 1.78. The van der Waals surface area contributed by atoms with Crippen LogP contribution in [0.4, 0.5) is 0 Å². The van der Waals surface area contributed by atoms with Gasteiger partial charge in [0, 0.05) is 35.2 Å². The van der Waals surface area contributed by atoms with Crippen LogP contribution >= 0.6 is 22.3 Å². The molecule has 2 aromatic heterocycles. The van der Waals surface area contributed by atoms with Gasteiger partial charge in [-0.05, 0) is 11.6 Å². The minimum absolute atomic E-state index is 0.0581. The van der Waals surface area contributed by atoms with Crippen molar-refractivity contribution in [3.8, 4) is 0 Å². The average Bonchev–Trinajstić information content (AvgIpc) is 2.76. The number of aromatic nitrogens is 3. The zero-order valence-electron chi connectivity index (χ0n) is 10.9. The lowest BCUT2D eigenvalue weighted by atomic mass is 10.2. The summed E-state index contributed by atoms with van der Waals surface area (Å²) >= 11 is 6.06. The fraction of sp³-hybridized carbons (Fsp3) is 0.333. The molecule has 8 heteroatoms. The zero-order chi connectivity index (χ0) is 14.9. The van der Waals surface area contributed by atoms with E-state index in [9.17, 15) is 8.42 Å². The van der Waals surface area contributed by atoms with Crippen LogP contribution < -0.4 is 0 Å². The molecule has 0 atom stereocenters. The molecule has 5 nitrogen and oxygen atoms in total. The Morgan fingerprint density at radius 3 is 2.65 bits per heavy atom. The second kappa shape index (κ2) is 5.71. The minimum atomic E-state index is -3.85. The van der Waals surface area contributed by atoms with Gasteiger partial charge in [-0.25, -0.2) is 13.4 Å².